The highest BCUT2D eigenvalue weighted by atomic mass is 19.1. The molecule has 1 aliphatic rings. The van der Waals surface area contributed by atoms with E-state index in [-0.39, 0.29) is 17.9 Å². The third-order valence-corrected chi connectivity index (χ3v) is 5.77. The van der Waals surface area contributed by atoms with Crippen LogP contribution < -0.4 is 9.80 Å². The van der Waals surface area contributed by atoms with Crippen molar-refractivity contribution in [1.29, 1.82) is 0 Å². The zero-order chi connectivity index (χ0) is 20.2. The maximum absolute atomic E-state index is 13.5. The number of hydrogen-bond donors (Lipinski definition) is 2. The van der Waals surface area contributed by atoms with E-state index in [9.17, 15) is 4.39 Å². The third-order valence-electron chi connectivity index (χ3n) is 5.77. The second-order valence-corrected chi connectivity index (χ2v) is 8.13. The molecule has 0 unspecified atom stereocenters. The second-order valence-electron chi connectivity index (χ2n) is 8.13. The van der Waals surface area contributed by atoms with Crippen LogP contribution in [0.25, 0.3) is 0 Å². The molecule has 3 aromatic rings. The molecule has 152 valence electrons. The number of benzene rings is 2. The molecule has 4 rings (SSSR count). The van der Waals surface area contributed by atoms with Gasteiger partial charge < -0.3 is 9.80 Å². The van der Waals surface area contributed by atoms with Crippen molar-refractivity contribution < 1.29 is 14.2 Å². The highest BCUT2D eigenvalue weighted by molar-refractivity contribution is 5.23. The van der Waals surface area contributed by atoms with Crippen LogP contribution >= 0.6 is 0 Å². The summed E-state index contributed by atoms with van der Waals surface area (Å²) >= 11 is 0. The van der Waals surface area contributed by atoms with Gasteiger partial charge in [-0.3, -0.25) is 0 Å². The van der Waals surface area contributed by atoms with Gasteiger partial charge in [0.2, 0.25) is 5.82 Å². The van der Waals surface area contributed by atoms with Crippen LogP contribution in [0.2, 0.25) is 0 Å². The molecule has 7 heteroatoms. The number of quaternary nitrogens is 2. The molecule has 1 atom stereocenters. The second kappa shape index (κ2) is 8.80. The summed E-state index contributed by atoms with van der Waals surface area (Å²) in [5.74, 6) is 0.635. The summed E-state index contributed by atoms with van der Waals surface area (Å²) in [6, 6.07) is 17.6. The summed E-state index contributed by atoms with van der Waals surface area (Å²) in [6.45, 7) is 9.44. The Labute approximate surface area is 170 Å². The summed E-state index contributed by atoms with van der Waals surface area (Å²) < 4.78 is 15.4. The minimum absolute atomic E-state index is 0.00581. The molecule has 2 aromatic carbocycles. The molecular weight excluding hydrogens is 367 g/mol. The van der Waals surface area contributed by atoms with E-state index in [1.807, 2.05) is 16.8 Å². The zero-order valence-corrected chi connectivity index (χ0v) is 17.1. The molecule has 1 aliphatic heterocycles. The standard InChI is InChI=1S/C22H27FN6/c1-17(2)29-22(24-25-26-29)21(19-8-10-20(23)11-9-19)28-14-12-27(13-15-28)16-18-6-4-3-5-7-18/h3-11,17,21H,12-16H2,1-2H3/p+2/t21-/m1/s1. The van der Waals surface area contributed by atoms with Crippen LogP contribution in [0.3, 0.4) is 0 Å². The minimum Gasteiger partial charge on any atom is -0.322 e. The van der Waals surface area contributed by atoms with E-state index < -0.39 is 0 Å². The number of aromatic nitrogens is 4. The van der Waals surface area contributed by atoms with Gasteiger partial charge in [0.05, 0.1) is 6.04 Å². The van der Waals surface area contributed by atoms with E-state index >= 15 is 0 Å². The SMILES string of the molecule is CC(C)n1nnnc1[C@@H](c1ccc(F)cc1)[NH+]1CC[NH+](Cc2ccccc2)CC1. The smallest absolute Gasteiger partial charge is 0.214 e. The van der Waals surface area contributed by atoms with Gasteiger partial charge in [0.25, 0.3) is 0 Å². The van der Waals surface area contributed by atoms with Crippen molar-refractivity contribution in [2.45, 2.75) is 32.5 Å². The van der Waals surface area contributed by atoms with Gasteiger partial charge in [-0.2, -0.15) is 0 Å². The van der Waals surface area contributed by atoms with Gasteiger partial charge in [-0.25, -0.2) is 9.07 Å². The van der Waals surface area contributed by atoms with E-state index in [0.717, 1.165) is 44.1 Å². The number of tetrazole rings is 1. The summed E-state index contributed by atoms with van der Waals surface area (Å²) in [4.78, 5) is 3.03. The number of nitrogens with zero attached hydrogens (tertiary/aromatic N) is 4. The van der Waals surface area contributed by atoms with Gasteiger partial charge >= 0.3 is 0 Å². The zero-order valence-electron chi connectivity index (χ0n) is 17.1. The van der Waals surface area contributed by atoms with E-state index in [4.69, 9.17) is 0 Å². The first-order valence-electron chi connectivity index (χ1n) is 10.4. The fourth-order valence-corrected chi connectivity index (χ4v) is 4.26. The lowest BCUT2D eigenvalue weighted by molar-refractivity contribution is -1.03. The van der Waals surface area contributed by atoms with Crippen LogP contribution in [-0.4, -0.2) is 46.4 Å². The highest BCUT2D eigenvalue weighted by Crippen LogP contribution is 2.19. The summed E-state index contributed by atoms with van der Waals surface area (Å²) in [5, 5.41) is 12.5. The van der Waals surface area contributed by atoms with Crippen molar-refractivity contribution in [3.8, 4) is 0 Å². The topological polar surface area (TPSA) is 52.5 Å². The van der Waals surface area contributed by atoms with Crippen molar-refractivity contribution in [3.63, 3.8) is 0 Å². The Morgan fingerprint density at radius 1 is 0.966 bits per heavy atom. The Bertz CT molecular complexity index is 901. The number of nitrogens with one attached hydrogen (secondary N) is 2. The molecule has 1 saturated heterocycles. The Hall–Kier alpha value is -2.64. The molecule has 1 aromatic heterocycles. The van der Waals surface area contributed by atoms with Crippen LogP contribution in [-0.2, 0) is 6.54 Å². The lowest BCUT2D eigenvalue weighted by Gasteiger charge is -2.34. The van der Waals surface area contributed by atoms with Crippen LogP contribution in [0, 0.1) is 5.82 Å². The lowest BCUT2D eigenvalue weighted by Crippen LogP contribution is -3.27. The number of rotatable bonds is 6. The molecule has 2 N–H and O–H groups in total. The molecular formula is C22H29FN6+2. The fourth-order valence-electron chi connectivity index (χ4n) is 4.26. The maximum atomic E-state index is 13.5. The third kappa shape index (κ3) is 4.52. The van der Waals surface area contributed by atoms with Gasteiger partial charge in [0.15, 0.2) is 6.04 Å². The van der Waals surface area contributed by atoms with Crippen molar-refractivity contribution in [1.82, 2.24) is 20.2 Å². The van der Waals surface area contributed by atoms with Crippen LogP contribution in [0.5, 0.6) is 0 Å². The number of piperazine rings is 1. The Morgan fingerprint density at radius 3 is 2.31 bits per heavy atom. The molecule has 1 fully saturated rings. The summed E-state index contributed by atoms with van der Waals surface area (Å²) in [7, 11) is 0. The van der Waals surface area contributed by atoms with Crippen molar-refractivity contribution in [3.05, 3.63) is 77.4 Å². The highest BCUT2D eigenvalue weighted by Gasteiger charge is 2.35. The van der Waals surface area contributed by atoms with E-state index in [0.29, 0.717) is 0 Å². The minimum atomic E-state index is -0.219. The predicted molar refractivity (Wildman–Crippen MR) is 108 cm³/mol. The quantitative estimate of drug-likeness (QED) is 0.637. The van der Waals surface area contributed by atoms with Gasteiger partial charge in [-0.15, -0.1) is 5.10 Å². The molecule has 6 nitrogen and oxygen atoms in total. The largest absolute Gasteiger partial charge is 0.322 e. The van der Waals surface area contributed by atoms with Gasteiger partial charge in [-0.1, -0.05) is 30.3 Å². The Kier molecular flexibility index (Phi) is 5.97. The molecule has 0 spiro atoms. The first-order chi connectivity index (χ1) is 14.1. The number of halogens is 1. The molecule has 0 amide bonds. The number of hydrogen-bond acceptors (Lipinski definition) is 3. The normalized spacial score (nSPS) is 20.7. The van der Waals surface area contributed by atoms with Gasteiger partial charge in [0.1, 0.15) is 38.5 Å². The van der Waals surface area contributed by atoms with Crippen LogP contribution in [0.4, 0.5) is 4.39 Å². The van der Waals surface area contributed by atoms with Crippen molar-refractivity contribution in [2.75, 3.05) is 26.2 Å². The maximum Gasteiger partial charge on any atom is 0.214 e. The summed E-state index contributed by atoms with van der Waals surface area (Å²) in [5.41, 5.74) is 2.44. The molecule has 0 aliphatic carbocycles. The average molecular weight is 397 g/mol. The Morgan fingerprint density at radius 2 is 1.66 bits per heavy atom. The average Bonchev–Trinajstić information content (AvgIpc) is 3.21. The summed E-state index contributed by atoms with van der Waals surface area (Å²) in [6.07, 6.45) is 0. The fraction of sp³-hybridized carbons (Fsp3) is 0.409. The van der Waals surface area contributed by atoms with Gasteiger partial charge in [0, 0.05) is 11.1 Å². The van der Waals surface area contributed by atoms with Gasteiger partial charge in [-0.05, 0) is 48.5 Å². The van der Waals surface area contributed by atoms with Crippen LogP contribution in [0.1, 0.15) is 42.9 Å². The van der Waals surface area contributed by atoms with Crippen molar-refractivity contribution >= 4 is 0 Å². The Balaban J connectivity index is 1.54. The monoisotopic (exact) mass is 396 g/mol. The van der Waals surface area contributed by atoms with Crippen molar-refractivity contribution in [2.24, 2.45) is 0 Å². The molecule has 0 bridgehead atoms. The molecule has 0 radical (unpaired) electrons. The van der Waals surface area contributed by atoms with Crippen LogP contribution in [0.15, 0.2) is 54.6 Å². The molecule has 0 saturated carbocycles. The molecule has 29 heavy (non-hydrogen) atoms. The van der Waals surface area contributed by atoms with E-state index in [1.165, 1.54) is 22.6 Å². The lowest BCUT2D eigenvalue weighted by atomic mass is 10.0. The van der Waals surface area contributed by atoms with E-state index in [1.54, 1.807) is 4.90 Å². The predicted octanol–water partition coefficient (Wildman–Crippen LogP) is 0.466. The molecule has 2 heterocycles. The van der Waals surface area contributed by atoms with E-state index in [2.05, 4.69) is 59.7 Å². The first-order valence-corrected chi connectivity index (χ1v) is 10.4. The first kappa shape index (κ1) is 19.7.